The number of aromatic nitrogens is 1. The summed E-state index contributed by atoms with van der Waals surface area (Å²) in [5, 5.41) is 11.2. The van der Waals surface area contributed by atoms with Gasteiger partial charge in [-0.2, -0.15) is 0 Å². The number of pyridine rings is 1. The summed E-state index contributed by atoms with van der Waals surface area (Å²) in [5.74, 6) is 0.282. The highest BCUT2D eigenvalue weighted by molar-refractivity contribution is 8.26. The molecule has 2 heterocycles. The molecule has 0 spiro atoms. The molecule has 1 saturated heterocycles. The molecule has 1 amide bonds. The highest BCUT2D eigenvalue weighted by Crippen LogP contribution is 2.37. The molecule has 10 heteroatoms. The summed E-state index contributed by atoms with van der Waals surface area (Å²) in [4.78, 5) is 29.5. The molecular formula is C23H17N3O5S2. The van der Waals surface area contributed by atoms with Crippen LogP contribution in [0.4, 0.5) is 5.69 Å². The Bertz CT molecular complexity index is 1260. The molecule has 2 aromatic carbocycles. The predicted octanol–water partition coefficient (Wildman–Crippen LogP) is 5.19. The van der Waals surface area contributed by atoms with E-state index in [-0.39, 0.29) is 23.2 Å². The van der Waals surface area contributed by atoms with E-state index in [1.54, 1.807) is 29.2 Å². The first-order valence-electron chi connectivity index (χ1n) is 9.71. The van der Waals surface area contributed by atoms with Crippen molar-refractivity contribution >= 4 is 46.0 Å². The number of ether oxygens (including phenoxy) is 2. The zero-order valence-corrected chi connectivity index (χ0v) is 19.0. The second-order valence-electron chi connectivity index (χ2n) is 6.85. The van der Waals surface area contributed by atoms with Crippen LogP contribution in [0.1, 0.15) is 11.1 Å². The van der Waals surface area contributed by atoms with E-state index in [9.17, 15) is 14.9 Å². The fraction of sp³-hybridized carbons (Fsp3) is 0.0870. The van der Waals surface area contributed by atoms with Crippen LogP contribution in [0.15, 0.2) is 71.8 Å². The fourth-order valence-electron chi connectivity index (χ4n) is 3.12. The van der Waals surface area contributed by atoms with Crippen molar-refractivity contribution in [3.8, 4) is 17.4 Å². The summed E-state index contributed by atoms with van der Waals surface area (Å²) in [5.41, 5.74) is 1.42. The minimum Gasteiger partial charge on any atom is -0.493 e. The van der Waals surface area contributed by atoms with Crippen molar-refractivity contribution in [1.82, 2.24) is 9.88 Å². The Labute approximate surface area is 199 Å². The molecule has 3 aromatic rings. The van der Waals surface area contributed by atoms with Gasteiger partial charge in [0.15, 0.2) is 11.5 Å². The third kappa shape index (κ3) is 5.02. The molecular weight excluding hydrogens is 462 g/mol. The number of methoxy groups -OCH3 is 1. The average molecular weight is 480 g/mol. The average Bonchev–Trinajstić information content (AvgIpc) is 3.08. The Morgan fingerprint density at radius 2 is 1.94 bits per heavy atom. The predicted molar refractivity (Wildman–Crippen MR) is 129 cm³/mol. The fourth-order valence-corrected chi connectivity index (χ4v) is 4.37. The first kappa shape index (κ1) is 22.4. The van der Waals surface area contributed by atoms with E-state index in [1.165, 1.54) is 37.2 Å². The number of hydrogen-bond donors (Lipinski definition) is 0. The topological polar surface area (TPSA) is 94.8 Å². The smallest absolute Gasteiger partial charge is 0.331 e. The monoisotopic (exact) mass is 479 g/mol. The molecule has 0 aliphatic carbocycles. The minimum absolute atomic E-state index is 0.143. The van der Waals surface area contributed by atoms with Gasteiger partial charge in [-0.1, -0.05) is 60.4 Å². The molecule has 0 bridgehead atoms. The van der Waals surface area contributed by atoms with Gasteiger partial charge in [0.25, 0.3) is 11.8 Å². The van der Waals surface area contributed by atoms with Crippen LogP contribution < -0.4 is 9.47 Å². The number of carbonyl (C=O) groups excluding carboxylic acids is 1. The number of hydrogen-bond acceptors (Lipinski definition) is 8. The number of carbonyl (C=O) groups is 1. The Hall–Kier alpha value is -3.76. The van der Waals surface area contributed by atoms with Gasteiger partial charge in [-0.3, -0.25) is 19.8 Å². The van der Waals surface area contributed by atoms with Gasteiger partial charge in [-0.05, 0) is 35.4 Å². The number of thioether (sulfide) groups is 1. The van der Waals surface area contributed by atoms with Crippen LogP contribution in [0, 0.1) is 10.1 Å². The number of rotatable bonds is 7. The van der Waals surface area contributed by atoms with Crippen molar-refractivity contribution in [2.45, 2.75) is 6.54 Å². The zero-order chi connectivity index (χ0) is 23.4. The van der Waals surface area contributed by atoms with Crippen molar-refractivity contribution in [3.63, 3.8) is 0 Å². The van der Waals surface area contributed by atoms with Crippen LogP contribution in [0.3, 0.4) is 0 Å². The Morgan fingerprint density at radius 1 is 1.15 bits per heavy atom. The number of thiocarbonyl (C=S) groups is 1. The number of nitrogens with zero attached hydrogens (tertiary/aromatic N) is 3. The lowest BCUT2D eigenvalue weighted by Crippen LogP contribution is -2.27. The summed E-state index contributed by atoms with van der Waals surface area (Å²) in [6, 6.07) is 17.4. The van der Waals surface area contributed by atoms with Gasteiger partial charge in [-0.25, -0.2) is 4.98 Å². The third-order valence-corrected chi connectivity index (χ3v) is 6.07. The number of nitro groups is 1. The molecule has 1 aromatic heterocycles. The lowest BCUT2D eigenvalue weighted by molar-refractivity contribution is -0.386. The lowest BCUT2D eigenvalue weighted by Gasteiger charge is -2.14. The summed E-state index contributed by atoms with van der Waals surface area (Å²) in [7, 11) is 1.46. The van der Waals surface area contributed by atoms with E-state index < -0.39 is 4.92 Å². The van der Waals surface area contributed by atoms with Gasteiger partial charge >= 0.3 is 5.69 Å². The summed E-state index contributed by atoms with van der Waals surface area (Å²) in [6.45, 7) is 0.405. The second kappa shape index (κ2) is 9.80. The molecule has 8 nitrogen and oxygen atoms in total. The van der Waals surface area contributed by atoms with Gasteiger partial charge in [0, 0.05) is 12.3 Å². The van der Waals surface area contributed by atoms with Gasteiger partial charge in [0.2, 0.25) is 0 Å². The van der Waals surface area contributed by atoms with E-state index in [1.807, 2.05) is 30.3 Å². The van der Waals surface area contributed by atoms with E-state index in [2.05, 4.69) is 4.98 Å². The van der Waals surface area contributed by atoms with Crippen molar-refractivity contribution in [2.75, 3.05) is 7.11 Å². The van der Waals surface area contributed by atoms with Gasteiger partial charge in [-0.15, -0.1) is 0 Å². The molecule has 1 aliphatic heterocycles. The zero-order valence-electron chi connectivity index (χ0n) is 17.3. The van der Waals surface area contributed by atoms with E-state index >= 15 is 0 Å². The Kier molecular flexibility index (Phi) is 6.66. The standard InChI is InChI=1S/C23H17N3O5S2/c1-30-19-12-16(9-10-18(19)31-21-17(26(28)29)8-5-11-24-21)13-20-22(27)25(23(32)33-20)14-15-6-3-2-4-7-15/h2-13H,14H2,1H3/b20-13+. The summed E-state index contributed by atoms with van der Waals surface area (Å²) < 4.78 is 11.5. The highest BCUT2D eigenvalue weighted by Gasteiger charge is 2.32. The second-order valence-corrected chi connectivity index (χ2v) is 8.53. The minimum atomic E-state index is -0.569. The molecule has 0 atom stereocenters. The largest absolute Gasteiger partial charge is 0.493 e. The maximum Gasteiger partial charge on any atom is 0.331 e. The molecule has 0 N–H and O–H groups in total. The highest BCUT2D eigenvalue weighted by atomic mass is 32.2. The van der Waals surface area contributed by atoms with Crippen LogP contribution in [0.2, 0.25) is 0 Å². The van der Waals surface area contributed by atoms with Gasteiger partial charge in [0.1, 0.15) is 4.32 Å². The lowest BCUT2D eigenvalue weighted by atomic mass is 10.1. The summed E-state index contributed by atoms with van der Waals surface area (Å²) >= 11 is 6.64. The van der Waals surface area contributed by atoms with Crippen molar-refractivity contribution in [3.05, 3.63) is 93.0 Å². The first-order chi connectivity index (χ1) is 16.0. The van der Waals surface area contributed by atoms with E-state index in [0.717, 1.165) is 5.56 Å². The van der Waals surface area contributed by atoms with E-state index in [0.29, 0.717) is 27.1 Å². The van der Waals surface area contributed by atoms with Crippen LogP contribution in [0.25, 0.3) is 6.08 Å². The molecule has 0 radical (unpaired) electrons. The maximum absolute atomic E-state index is 12.9. The molecule has 4 rings (SSSR count). The first-order valence-corrected chi connectivity index (χ1v) is 10.9. The van der Waals surface area contributed by atoms with Crippen LogP contribution >= 0.6 is 24.0 Å². The van der Waals surface area contributed by atoms with E-state index in [4.69, 9.17) is 21.7 Å². The SMILES string of the molecule is COc1cc(/C=C2/SC(=S)N(Cc3ccccc3)C2=O)ccc1Oc1ncccc1[N+](=O)[O-]. The van der Waals surface area contributed by atoms with Crippen LogP contribution in [0.5, 0.6) is 17.4 Å². The summed E-state index contributed by atoms with van der Waals surface area (Å²) in [6.07, 6.45) is 3.13. The quantitative estimate of drug-likeness (QED) is 0.198. The van der Waals surface area contributed by atoms with Gasteiger partial charge < -0.3 is 9.47 Å². The molecule has 166 valence electrons. The molecule has 1 aliphatic rings. The number of amides is 1. The molecule has 0 saturated carbocycles. The van der Waals surface area contributed by atoms with Crippen LogP contribution in [-0.4, -0.2) is 32.1 Å². The Balaban J connectivity index is 1.56. The molecule has 0 unspecified atom stereocenters. The number of benzene rings is 2. The Morgan fingerprint density at radius 3 is 2.67 bits per heavy atom. The molecule has 33 heavy (non-hydrogen) atoms. The van der Waals surface area contributed by atoms with Crippen molar-refractivity contribution < 1.29 is 19.2 Å². The van der Waals surface area contributed by atoms with Crippen molar-refractivity contribution in [1.29, 1.82) is 0 Å². The van der Waals surface area contributed by atoms with Gasteiger partial charge in [0.05, 0.1) is 23.5 Å². The normalized spacial score (nSPS) is 14.6. The maximum atomic E-state index is 12.9. The van der Waals surface area contributed by atoms with Crippen LogP contribution in [-0.2, 0) is 11.3 Å². The van der Waals surface area contributed by atoms with Crippen molar-refractivity contribution in [2.24, 2.45) is 0 Å². The molecule has 1 fully saturated rings. The third-order valence-electron chi connectivity index (χ3n) is 4.70.